The highest BCUT2D eigenvalue weighted by Gasteiger charge is 2.38. The van der Waals surface area contributed by atoms with E-state index < -0.39 is 18.1 Å². The number of rotatable bonds is 8. The molecule has 1 aromatic heterocycles. The van der Waals surface area contributed by atoms with E-state index in [9.17, 15) is 18.0 Å². The number of nitrogens with zero attached hydrogens (tertiary/aromatic N) is 3. The van der Waals surface area contributed by atoms with Gasteiger partial charge in [-0.25, -0.2) is 9.78 Å². The van der Waals surface area contributed by atoms with Gasteiger partial charge in [0.15, 0.2) is 5.82 Å². The Hall–Kier alpha value is -3.22. The number of hydrogen-bond acceptors (Lipinski definition) is 7. The lowest BCUT2D eigenvalue weighted by Crippen LogP contribution is -2.36. The largest absolute Gasteiger partial charge is 0.490 e. The molecule has 41 heavy (non-hydrogen) atoms. The maximum Gasteiger partial charge on any atom is 0.490 e. The van der Waals surface area contributed by atoms with Gasteiger partial charge < -0.3 is 14.9 Å². The summed E-state index contributed by atoms with van der Waals surface area (Å²) in [5.41, 5.74) is 4.61. The predicted octanol–water partition coefficient (Wildman–Crippen LogP) is 6.77. The first-order chi connectivity index (χ1) is 19.3. The van der Waals surface area contributed by atoms with E-state index in [-0.39, 0.29) is 12.6 Å². The number of carboxylic acid groups (broad SMARTS) is 2. The number of carboxylic acids is 2. The third-order valence-electron chi connectivity index (χ3n) is 6.40. The summed E-state index contributed by atoms with van der Waals surface area (Å²) in [5, 5.41) is 17.6. The van der Waals surface area contributed by atoms with Crippen molar-refractivity contribution in [3.05, 3.63) is 52.5 Å². The Morgan fingerprint density at radius 2 is 1.83 bits per heavy atom. The van der Waals surface area contributed by atoms with Crippen LogP contribution in [0.15, 0.2) is 36.4 Å². The van der Waals surface area contributed by atoms with E-state index in [0.717, 1.165) is 54.3 Å². The standard InChI is InChI=1S/C26H30ClN3O3S.C2HF3O2/c1-4-19-20(17-10-12-30(13-11-17)15-24(31)32)6-5-7-21(19)25-28-26(34-29-25)18-8-9-23(22(27)14-18)33-16(2)3;3-2(4,5)1(6)7/h5-9,14,16-17H,4,10-13,15H2,1-3H3,(H,31,32);(H,6,7). The van der Waals surface area contributed by atoms with Gasteiger partial charge in [-0.3, -0.25) is 9.69 Å². The van der Waals surface area contributed by atoms with Crippen LogP contribution in [0.25, 0.3) is 22.0 Å². The van der Waals surface area contributed by atoms with E-state index >= 15 is 0 Å². The number of benzene rings is 2. The van der Waals surface area contributed by atoms with Crippen molar-refractivity contribution in [3.63, 3.8) is 0 Å². The summed E-state index contributed by atoms with van der Waals surface area (Å²) in [6.07, 6.45) is -2.21. The third kappa shape index (κ3) is 8.88. The highest BCUT2D eigenvalue weighted by molar-refractivity contribution is 7.09. The minimum Gasteiger partial charge on any atom is -0.489 e. The van der Waals surface area contributed by atoms with Gasteiger partial charge in [-0.05, 0) is 93.0 Å². The highest BCUT2D eigenvalue weighted by Crippen LogP contribution is 2.37. The number of likely N-dealkylation sites (tertiary alicyclic amines) is 1. The van der Waals surface area contributed by atoms with Gasteiger partial charge in [-0.15, -0.1) is 0 Å². The van der Waals surface area contributed by atoms with E-state index in [4.69, 9.17) is 36.3 Å². The number of ether oxygens (including phenoxy) is 1. The second-order valence-electron chi connectivity index (χ2n) is 9.71. The number of piperidine rings is 1. The van der Waals surface area contributed by atoms with Crippen molar-refractivity contribution in [2.75, 3.05) is 19.6 Å². The van der Waals surface area contributed by atoms with Crippen molar-refractivity contribution in [2.24, 2.45) is 0 Å². The van der Waals surface area contributed by atoms with Gasteiger partial charge >= 0.3 is 18.1 Å². The van der Waals surface area contributed by atoms with Crippen molar-refractivity contribution in [2.45, 2.75) is 58.2 Å². The lowest BCUT2D eigenvalue weighted by Gasteiger charge is -2.32. The quantitative estimate of drug-likeness (QED) is 0.286. The first-order valence-corrected chi connectivity index (χ1v) is 14.1. The third-order valence-corrected chi connectivity index (χ3v) is 7.46. The number of carbonyl (C=O) groups is 2. The maximum atomic E-state index is 11.0. The fraction of sp³-hybridized carbons (Fsp3) is 0.429. The number of aromatic nitrogens is 2. The maximum absolute atomic E-state index is 11.0. The zero-order chi connectivity index (χ0) is 30.3. The first kappa shape index (κ1) is 32.3. The van der Waals surface area contributed by atoms with Crippen LogP contribution in [0.4, 0.5) is 13.2 Å². The van der Waals surface area contributed by atoms with Crippen molar-refractivity contribution < 1.29 is 37.7 Å². The van der Waals surface area contributed by atoms with E-state index in [1.807, 2.05) is 36.9 Å². The molecule has 2 heterocycles. The van der Waals surface area contributed by atoms with Crippen molar-refractivity contribution in [1.82, 2.24) is 14.3 Å². The minimum absolute atomic E-state index is 0.0561. The van der Waals surface area contributed by atoms with Crippen molar-refractivity contribution in [1.29, 1.82) is 0 Å². The Morgan fingerprint density at radius 3 is 2.37 bits per heavy atom. The number of aliphatic carboxylic acids is 2. The summed E-state index contributed by atoms with van der Waals surface area (Å²) in [4.78, 5) is 26.8. The fourth-order valence-electron chi connectivity index (χ4n) is 4.62. The molecule has 0 atom stereocenters. The SMILES string of the molecule is CCc1c(-c2nsc(-c3ccc(OC(C)C)c(Cl)c3)n2)cccc1C1CCN(CC(=O)O)CC1.O=C(O)C(F)(F)F. The second-order valence-corrected chi connectivity index (χ2v) is 10.9. The lowest BCUT2D eigenvalue weighted by atomic mass is 9.84. The topological polar surface area (TPSA) is 113 Å². The van der Waals surface area contributed by atoms with Gasteiger partial charge in [0.05, 0.1) is 17.7 Å². The molecule has 3 aromatic rings. The zero-order valence-corrected chi connectivity index (χ0v) is 24.3. The van der Waals surface area contributed by atoms with Crippen LogP contribution < -0.4 is 4.74 Å². The average Bonchev–Trinajstić information content (AvgIpc) is 3.39. The first-order valence-electron chi connectivity index (χ1n) is 13.0. The molecule has 0 bridgehead atoms. The molecule has 8 nitrogen and oxygen atoms in total. The van der Waals surface area contributed by atoms with Crippen LogP contribution in [0, 0.1) is 0 Å². The van der Waals surface area contributed by atoms with Crippen LogP contribution in [0.2, 0.25) is 5.02 Å². The molecule has 0 amide bonds. The minimum atomic E-state index is -5.08. The van der Waals surface area contributed by atoms with Crippen LogP contribution in [-0.4, -0.2) is 68.3 Å². The molecule has 2 aromatic carbocycles. The molecule has 0 unspecified atom stereocenters. The Bertz CT molecular complexity index is 1360. The average molecular weight is 614 g/mol. The number of halogens is 4. The molecule has 4 rings (SSSR count). The van der Waals surface area contributed by atoms with Crippen LogP contribution >= 0.6 is 23.1 Å². The fourth-order valence-corrected chi connectivity index (χ4v) is 5.51. The molecular formula is C28H31ClF3N3O5S. The van der Waals surface area contributed by atoms with Gasteiger partial charge in [0.25, 0.3) is 0 Å². The van der Waals surface area contributed by atoms with E-state index in [1.165, 1.54) is 22.7 Å². The molecule has 1 saturated heterocycles. The lowest BCUT2D eigenvalue weighted by molar-refractivity contribution is -0.192. The smallest absolute Gasteiger partial charge is 0.489 e. The van der Waals surface area contributed by atoms with Gasteiger partial charge in [0.2, 0.25) is 0 Å². The van der Waals surface area contributed by atoms with Crippen LogP contribution in [0.3, 0.4) is 0 Å². The number of alkyl halides is 3. The zero-order valence-electron chi connectivity index (χ0n) is 22.7. The molecule has 13 heteroatoms. The number of hydrogen-bond donors (Lipinski definition) is 2. The molecule has 1 aliphatic rings. The van der Waals surface area contributed by atoms with E-state index in [0.29, 0.717) is 16.7 Å². The molecule has 0 aliphatic carbocycles. The van der Waals surface area contributed by atoms with Gasteiger partial charge in [-0.1, -0.05) is 36.7 Å². The van der Waals surface area contributed by atoms with Crippen molar-refractivity contribution >= 4 is 35.1 Å². The molecular weight excluding hydrogens is 583 g/mol. The van der Waals surface area contributed by atoms with E-state index in [1.54, 1.807) is 0 Å². The molecule has 0 saturated carbocycles. The molecule has 0 radical (unpaired) electrons. The highest BCUT2D eigenvalue weighted by atomic mass is 35.5. The van der Waals surface area contributed by atoms with Gasteiger partial charge in [-0.2, -0.15) is 17.5 Å². The summed E-state index contributed by atoms with van der Waals surface area (Å²) in [5.74, 6) is -1.69. The van der Waals surface area contributed by atoms with E-state index in [2.05, 4.69) is 29.5 Å². The van der Waals surface area contributed by atoms with Gasteiger partial charge in [0.1, 0.15) is 10.8 Å². The summed E-state index contributed by atoms with van der Waals surface area (Å²) in [7, 11) is 0. The Kier molecular flexibility index (Phi) is 11.1. The summed E-state index contributed by atoms with van der Waals surface area (Å²) in [6, 6.07) is 12.1. The predicted molar refractivity (Wildman–Crippen MR) is 151 cm³/mol. The Balaban J connectivity index is 0.000000587. The Labute approximate surface area is 244 Å². The molecule has 222 valence electrons. The molecule has 1 aliphatic heterocycles. The molecule has 1 fully saturated rings. The van der Waals surface area contributed by atoms with Gasteiger partial charge in [0, 0.05) is 11.1 Å². The van der Waals surface area contributed by atoms with Crippen molar-refractivity contribution in [3.8, 4) is 27.7 Å². The summed E-state index contributed by atoms with van der Waals surface area (Å²) >= 11 is 7.80. The Morgan fingerprint density at radius 1 is 1.17 bits per heavy atom. The monoisotopic (exact) mass is 613 g/mol. The normalized spacial score (nSPS) is 14.4. The molecule has 2 N–H and O–H groups in total. The van der Waals surface area contributed by atoms with Crippen LogP contribution in [0.1, 0.15) is 50.7 Å². The van der Waals surface area contributed by atoms with Crippen LogP contribution in [-0.2, 0) is 16.0 Å². The molecule has 0 spiro atoms. The summed E-state index contributed by atoms with van der Waals surface area (Å²) in [6.45, 7) is 7.84. The van der Waals surface area contributed by atoms with Crippen LogP contribution in [0.5, 0.6) is 5.75 Å². The summed E-state index contributed by atoms with van der Waals surface area (Å²) < 4.78 is 42.2. The second kappa shape index (κ2) is 14.1.